The third-order valence-corrected chi connectivity index (χ3v) is 3.68. The molecule has 0 amide bonds. The zero-order valence-corrected chi connectivity index (χ0v) is 17.7. The van der Waals surface area contributed by atoms with Gasteiger partial charge in [0.1, 0.15) is 5.82 Å². The van der Waals surface area contributed by atoms with E-state index in [0.717, 1.165) is 37.3 Å². The SMILES string of the molecule is CC(=O)O.CC(=O)O.CC(C)n1cc(-n2ccnc2-c2ccc(CCN)cc2)cn1. The largest absolute Gasteiger partial charge is 0.481 e. The van der Waals surface area contributed by atoms with E-state index < -0.39 is 11.9 Å². The van der Waals surface area contributed by atoms with Crippen LogP contribution in [-0.4, -0.2) is 48.0 Å². The summed E-state index contributed by atoms with van der Waals surface area (Å²) in [6.07, 6.45) is 8.59. The monoisotopic (exact) mass is 415 g/mol. The molecule has 0 unspecified atom stereocenters. The zero-order chi connectivity index (χ0) is 22.7. The average molecular weight is 415 g/mol. The molecule has 0 saturated heterocycles. The van der Waals surface area contributed by atoms with Gasteiger partial charge in [0, 0.05) is 44.0 Å². The fraction of sp³-hybridized carbons (Fsp3) is 0.333. The highest BCUT2D eigenvalue weighted by Crippen LogP contribution is 2.22. The van der Waals surface area contributed by atoms with Crippen molar-refractivity contribution in [2.45, 2.75) is 40.2 Å². The number of imidazole rings is 1. The Morgan fingerprint density at radius 3 is 2.13 bits per heavy atom. The molecule has 0 aliphatic carbocycles. The number of rotatable bonds is 5. The third kappa shape index (κ3) is 8.27. The molecule has 0 aliphatic heterocycles. The highest BCUT2D eigenvalue weighted by atomic mass is 16.4. The molecule has 0 radical (unpaired) electrons. The van der Waals surface area contributed by atoms with Gasteiger partial charge in [-0.15, -0.1) is 0 Å². The second-order valence-corrected chi connectivity index (χ2v) is 6.67. The predicted molar refractivity (Wildman–Crippen MR) is 115 cm³/mol. The lowest BCUT2D eigenvalue weighted by Crippen LogP contribution is -2.02. The van der Waals surface area contributed by atoms with Crippen LogP contribution in [0, 0.1) is 0 Å². The van der Waals surface area contributed by atoms with Crippen molar-refractivity contribution in [3.8, 4) is 17.1 Å². The highest BCUT2D eigenvalue weighted by Gasteiger charge is 2.10. The van der Waals surface area contributed by atoms with E-state index in [1.54, 1.807) is 0 Å². The number of aromatic nitrogens is 4. The van der Waals surface area contributed by atoms with Gasteiger partial charge in [0.25, 0.3) is 11.9 Å². The van der Waals surface area contributed by atoms with Crippen LogP contribution in [-0.2, 0) is 16.0 Å². The minimum atomic E-state index is -0.833. The van der Waals surface area contributed by atoms with E-state index in [2.05, 4.69) is 52.8 Å². The Morgan fingerprint density at radius 2 is 1.67 bits per heavy atom. The van der Waals surface area contributed by atoms with Crippen LogP contribution in [0.15, 0.2) is 49.1 Å². The maximum absolute atomic E-state index is 9.00. The minimum absolute atomic E-state index is 0.344. The van der Waals surface area contributed by atoms with Crippen LogP contribution >= 0.6 is 0 Å². The summed E-state index contributed by atoms with van der Waals surface area (Å²) < 4.78 is 4.01. The summed E-state index contributed by atoms with van der Waals surface area (Å²) in [5.74, 6) is -0.748. The van der Waals surface area contributed by atoms with Crippen molar-refractivity contribution >= 4 is 11.9 Å². The molecule has 0 spiro atoms. The number of carboxylic acid groups (broad SMARTS) is 2. The van der Waals surface area contributed by atoms with Gasteiger partial charge < -0.3 is 15.9 Å². The Kier molecular flexibility index (Phi) is 9.98. The van der Waals surface area contributed by atoms with Gasteiger partial charge >= 0.3 is 0 Å². The Labute approximate surface area is 175 Å². The van der Waals surface area contributed by atoms with Gasteiger partial charge in [-0.3, -0.25) is 18.8 Å². The van der Waals surface area contributed by atoms with Gasteiger partial charge in [-0.2, -0.15) is 5.10 Å². The molecular formula is C21H29N5O4. The maximum atomic E-state index is 9.00. The summed E-state index contributed by atoms with van der Waals surface area (Å²) >= 11 is 0. The quantitative estimate of drug-likeness (QED) is 0.582. The molecule has 9 heteroatoms. The Balaban J connectivity index is 0.000000485. The van der Waals surface area contributed by atoms with E-state index in [1.165, 1.54) is 5.56 Å². The topological polar surface area (TPSA) is 136 Å². The molecule has 0 saturated carbocycles. The van der Waals surface area contributed by atoms with Crippen LogP contribution in [0.2, 0.25) is 0 Å². The number of carboxylic acids is 2. The molecule has 3 aromatic rings. The summed E-state index contributed by atoms with van der Waals surface area (Å²) in [7, 11) is 0. The van der Waals surface area contributed by atoms with Crippen molar-refractivity contribution in [3.63, 3.8) is 0 Å². The molecule has 0 fully saturated rings. The zero-order valence-electron chi connectivity index (χ0n) is 17.7. The second kappa shape index (κ2) is 12.2. The number of nitrogens with two attached hydrogens (primary N) is 1. The molecular weight excluding hydrogens is 386 g/mol. The Hall–Kier alpha value is -3.46. The van der Waals surface area contributed by atoms with Gasteiger partial charge in [0.15, 0.2) is 0 Å². The molecule has 9 nitrogen and oxygen atoms in total. The van der Waals surface area contributed by atoms with E-state index in [4.69, 9.17) is 25.5 Å². The van der Waals surface area contributed by atoms with Gasteiger partial charge in [0.2, 0.25) is 0 Å². The van der Waals surface area contributed by atoms with E-state index in [0.29, 0.717) is 12.6 Å². The smallest absolute Gasteiger partial charge is 0.300 e. The van der Waals surface area contributed by atoms with Crippen molar-refractivity contribution < 1.29 is 19.8 Å². The standard InChI is InChI=1S/C17H21N5.2C2H4O2/c1-13(2)22-12-16(11-20-22)21-10-9-19-17(21)15-5-3-14(4-6-15)7-8-18;2*1-2(3)4/h3-6,9-13H,7-8,18H2,1-2H3;2*1H3,(H,3,4). The van der Waals surface area contributed by atoms with Crippen molar-refractivity contribution in [2.75, 3.05) is 6.54 Å². The lowest BCUT2D eigenvalue weighted by Gasteiger charge is -2.07. The van der Waals surface area contributed by atoms with E-state index in [9.17, 15) is 0 Å². The molecule has 2 aromatic heterocycles. The molecule has 2 heterocycles. The van der Waals surface area contributed by atoms with Crippen molar-refractivity contribution in [2.24, 2.45) is 5.73 Å². The van der Waals surface area contributed by atoms with Crippen LogP contribution < -0.4 is 5.73 Å². The molecule has 4 N–H and O–H groups in total. The number of benzene rings is 1. The normalized spacial score (nSPS) is 9.93. The summed E-state index contributed by atoms with van der Waals surface area (Å²) in [5, 5.41) is 19.2. The fourth-order valence-electron chi connectivity index (χ4n) is 2.45. The van der Waals surface area contributed by atoms with E-state index >= 15 is 0 Å². The van der Waals surface area contributed by atoms with Gasteiger partial charge in [-0.1, -0.05) is 24.3 Å². The molecule has 1 aromatic carbocycles. The number of carbonyl (C=O) groups is 2. The summed E-state index contributed by atoms with van der Waals surface area (Å²) in [6.45, 7) is 7.06. The van der Waals surface area contributed by atoms with Gasteiger partial charge in [-0.05, 0) is 32.4 Å². The van der Waals surface area contributed by atoms with Crippen molar-refractivity contribution in [1.82, 2.24) is 19.3 Å². The maximum Gasteiger partial charge on any atom is 0.300 e. The summed E-state index contributed by atoms with van der Waals surface area (Å²) in [6, 6.07) is 8.75. The number of aliphatic carboxylic acids is 2. The third-order valence-electron chi connectivity index (χ3n) is 3.68. The Morgan fingerprint density at radius 1 is 1.10 bits per heavy atom. The van der Waals surface area contributed by atoms with Gasteiger partial charge in [0.05, 0.1) is 11.9 Å². The fourth-order valence-corrected chi connectivity index (χ4v) is 2.45. The second-order valence-electron chi connectivity index (χ2n) is 6.67. The van der Waals surface area contributed by atoms with Crippen molar-refractivity contribution in [3.05, 3.63) is 54.6 Å². The first-order valence-electron chi connectivity index (χ1n) is 9.42. The van der Waals surface area contributed by atoms with Crippen molar-refractivity contribution in [1.29, 1.82) is 0 Å². The minimum Gasteiger partial charge on any atom is -0.481 e. The molecule has 0 bridgehead atoms. The first kappa shape index (κ1) is 24.6. The van der Waals surface area contributed by atoms with Crippen LogP contribution in [0.5, 0.6) is 0 Å². The molecule has 162 valence electrons. The molecule has 3 rings (SSSR count). The highest BCUT2D eigenvalue weighted by molar-refractivity contribution is 5.63. The molecule has 0 aliphatic rings. The first-order chi connectivity index (χ1) is 14.1. The van der Waals surface area contributed by atoms with E-state index in [1.807, 2.05) is 29.5 Å². The molecule has 0 atom stereocenters. The summed E-state index contributed by atoms with van der Waals surface area (Å²) in [4.78, 5) is 22.5. The number of hydrogen-bond donors (Lipinski definition) is 3. The molecule has 30 heavy (non-hydrogen) atoms. The number of hydrogen-bond acceptors (Lipinski definition) is 5. The first-order valence-corrected chi connectivity index (χ1v) is 9.42. The Bertz CT molecular complexity index is 909. The van der Waals surface area contributed by atoms with Crippen LogP contribution in [0.25, 0.3) is 17.1 Å². The van der Waals surface area contributed by atoms with Crippen LogP contribution in [0.3, 0.4) is 0 Å². The number of nitrogens with zero attached hydrogens (tertiary/aromatic N) is 4. The van der Waals surface area contributed by atoms with Crippen LogP contribution in [0.4, 0.5) is 0 Å². The average Bonchev–Trinajstić information content (AvgIpc) is 3.31. The van der Waals surface area contributed by atoms with Gasteiger partial charge in [-0.25, -0.2) is 4.98 Å². The van der Waals surface area contributed by atoms with E-state index in [-0.39, 0.29) is 0 Å². The van der Waals surface area contributed by atoms with Crippen LogP contribution in [0.1, 0.15) is 39.3 Å². The predicted octanol–water partition coefficient (Wildman–Crippen LogP) is 3.00. The summed E-state index contributed by atoms with van der Waals surface area (Å²) in [5.41, 5.74) is 8.95. The lowest BCUT2D eigenvalue weighted by atomic mass is 10.1. The lowest BCUT2D eigenvalue weighted by molar-refractivity contribution is -0.135.